The van der Waals surface area contributed by atoms with Crippen molar-refractivity contribution in [2.24, 2.45) is 0 Å². The molecule has 1 heterocycles. The monoisotopic (exact) mass is 345 g/mol. The molecule has 0 saturated heterocycles. The molecule has 0 atom stereocenters. The van der Waals surface area contributed by atoms with Crippen molar-refractivity contribution in [3.63, 3.8) is 0 Å². The molecule has 0 unspecified atom stereocenters. The number of ether oxygens (including phenoxy) is 2. The molecule has 1 aromatic heterocycles. The van der Waals surface area contributed by atoms with E-state index in [1.54, 1.807) is 18.3 Å². The molecule has 134 valence electrons. The van der Waals surface area contributed by atoms with E-state index in [0.717, 1.165) is 17.1 Å². The fraction of sp³-hybridized carbons (Fsp3) is 0.353. The third-order valence-electron chi connectivity index (χ3n) is 3.38. The zero-order valence-electron chi connectivity index (χ0n) is 15.1. The van der Waals surface area contributed by atoms with E-state index >= 15 is 0 Å². The van der Waals surface area contributed by atoms with E-state index in [1.807, 2.05) is 32.0 Å². The lowest BCUT2D eigenvalue weighted by molar-refractivity contribution is -0.119. The Morgan fingerprint density at radius 3 is 2.68 bits per heavy atom. The van der Waals surface area contributed by atoms with E-state index in [0.29, 0.717) is 17.4 Å². The first kappa shape index (κ1) is 18.5. The molecule has 8 nitrogen and oxygen atoms in total. The van der Waals surface area contributed by atoms with Crippen molar-refractivity contribution >= 4 is 29.0 Å². The fourth-order valence-corrected chi connectivity index (χ4v) is 2.26. The van der Waals surface area contributed by atoms with Crippen molar-refractivity contribution in [3.8, 4) is 5.75 Å². The van der Waals surface area contributed by atoms with Crippen LogP contribution < -0.4 is 20.3 Å². The summed E-state index contributed by atoms with van der Waals surface area (Å²) in [6, 6.07) is 5.32. The van der Waals surface area contributed by atoms with E-state index in [9.17, 15) is 4.79 Å². The fourth-order valence-electron chi connectivity index (χ4n) is 2.26. The molecule has 2 aromatic rings. The topological polar surface area (TPSA) is 88.6 Å². The molecule has 0 spiro atoms. The molecular weight excluding hydrogens is 322 g/mol. The van der Waals surface area contributed by atoms with Gasteiger partial charge in [-0.3, -0.25) is 4.79 Å². The van der Waals surface area contributed by atoms with Gasteiger partial charge in [0.1, 0.15) is 18.2 Å². The SMILES string of the molecule is COCC(=O)Nc1ccc(Nc2ncc(C)c(N(C)C)n2)cc1OC. The third kappa shape index (κ3) is 4.80. The minimum absolute atomic E-state index is 0.0202. The maximum atomic E-state index is 11.7. The van der Waals surface area contributed by atoms with Crippen molar-refractivity contribution < 1.29 is 14.3 Å². The minimum atomic E-state index is -0.251. The molecule has 2 N–H and O–H groups in total. The number of carbonyl (C=O) groups excluding carboxylic acids is 1. The van der Waals surface area contributed by atoms with E-state index in [1.165, 1.54) is 14.2 Å². The van der Waals surface area contributed by atoms with Gasteiger partial charge in [0.2, 0.25) is 11.9 Å². The van der Waals surface area contributed by atoms with Crippen LogP contribution in [-0.2, 0) is 9.53 Å². The van der Waals surface area contributed by atoms with Crippen LogP contribution in [0, 0.1) is 6.92 Å². The summed E-state index contributed by atoms with van der Waals surface area (Å²) < 4.78 is 10.1. The normalized spacial score (nSPS) is 10.3. The summed E-state index contributed by atoms with van der Waals surface area (Å²) in [5.74, 6) is 1.59. The van der Waals surface area contributed by atoms with Crippen molar-refractivity contribution in [1.29, 1.82) is 0 Å². The van der Waals surface area contributed by atoms with E-state index in [4.69, 9.17) is 9.47 Å². The molecule has 0 aliphatic rings. The molecule has 0 radical (unpaired) electrons. The molecular formula is C17H23N5O3. The smallest absolute Gasteiger partial charge is 0.250 e. The van der Waals surface area contributed by atoms with Gasteiger partial charge in [-0.15, -0.1) is 0 Å². The van der Waals surface area contributed by atoms with E-state index in [2.05, 4.69) is 20.6 Å². The Kier molecular flexibility index (Phi) is 6.13. The number of amides is 1. The highest BCUT2D eigenvalue weighted by Gasteiger charge is 2.10. The minimum Gasteiger partial charge on any atom is -0.494 e. The van der Waals surface area contributed by atoms with Gasteiger partial charge in [0.05, 0.1) is 12.8 Å². The van der Waals surface area contributed by atoms with Crippen LogP contribution in [0.3, 0.4) is 0 Å². The number of aryl methyl sites for hydroxylation is 1. The molecule has 0 aliphatic carbocycles. The standard InChI is InChI=1S/C17H23N5O3/c1-11-9-18-17(21-16(11)22(2)3)19-12-6-7-13(14(8-12)25-5)20-15(23)10-24-4/h6-9H,10H2,1-5H3,(H,20,23)(H,18,19,21). The average Bonchev–Trinajstić information content (AvgIpc) is 2.57. The first-order valence-corrected chi connectivity index (χ1v) is 7.69. The quantitative estimate of drug-likeness (QED) is 0.795. The Labute approximate surface area is 147 Å². The first-order chi connectivity index (χ1) is 11.9. The number of nitrogens with zero attached hydrogens (tertiary/aromatic N) is 3. The Bertz CT molecular complexity index is 749. The predicted octanol–water partition coefficient (Wildman–Crippen LogP) is 2.19. The van der Waals surface area contributed by atoms with Gasteiger partial charge in [-0.25, -0.2) is 4.98 Å². The van der Waals surface area contributed by atoms with Crippen LogP contribution in [0.25, 0.3) is 0 Å². The van der Waals surface area contributed by atoms with Gasteiger partial charge in [0.25, 0.3) is 0 Å². The zero-order valence-corrected chi connectivity index (χ0v) is 15.1. The second kappa shape index (κ2) is 8.29. The maximum Gasteiger partial charge on any atom is 0.250 e. The van der Waals surface area contributed by atoms with Gasteiger partial charge >= 0.3 is 0 Å². The number of methoxy groups -OCH3 is 2. The highest BCUT2D eigenvalue weighted by atomic mass is 16.5. The number of aromatic nitrogens is 2. The Morgan fingerprint density at radius 2 is 2.04 bits per heavy atom. The van der Waals surface area contributed by atoms with Crippen molar-refractivity contribution in [2.45, 2.75) is 6.92 Å². The molecule has 0 saturated carbocycles. The lowest BCUT2D eigenvalue weighted by Crippen LogP contribution is -2.17. The highest BCUT2D eigenvalue weighted by molar-refractivity contribution is 5.93. The third-order valence-corrected chi connectivity index (χ3v) is 3.38. The van der Waals surface area contributed by atoms with Gasteiger partial charge in [-0.2, -0.15) is 4.98 Å². The average molecular weight is 345 g/mol. The van der Waals surface area contributed by atoms with Gasteiger partial charge in [0, 0.05) is 44.7 Å². The van der Waals surface area contributed by atoms with Crippen LogP contribution >= 0.6 is 0 Å². The number of benzene rings is 1. The Morgan fingerprint density at radius 1 is 1.28 bits per heavy atom. The highest BCUT2D eigenvalue weighted by Crippen LogP contribution is 2.29. The zero-order chi connectivity index (χ0) is 18.4. The lowest BCUT2D eigenvalue weighted by Gasteiger charge is -2.16. The summed E-state index contributed by atoms with van der Waals surface area (Å²) in [6.45, 7) is 1.94. The molecule has 25 heavy (non-hydrogen) atoms. The van der Waals surface area contributed by atoms with Crippen molar-refractivity contribution in [2.75, 3.05) is 50.5 Å². The Balaban J connectivity index is 2.21. The largest absolute Gasteiger partial charge is 0.494 e. The summed E-state index contributed by atoms with van der Waals surface area (Å²) in [5.41, 5.74) is 2.30. The molecule has 0 fully saturated rings. The summed E-state index contributed by atoms with van der Waals surface area (Å²) in [4.78, 5) is 22.4. The number of anilines is 4. The second-order valence-corrected chi connectivity index (χ2v) is 5.62. The number of nitrogens with one attached hydrogen (secondary N) is 2. The van der Waals surface area contributed by atoms with E-state index < -0.39 is 0 Å². The summed E-state index contributed by atoms with van der Waals surface area (Å²) >= 11 is 0. The molecule has 8 heteroatoms. The summed E-state index contributed by atoms with van der Waals surface area (Å²) in [7, 11) is 6.87. The number of hydrogen-bond acceptors (Lipinski definition) is 7. The van der Waals surface area contributed by atoms with Crippen molar-refractivity contribution in [3.05, 3.63) is 30.0 Å². The van der Waals surface area contributed by atoms with Gasteiger partial charge in [-0.05, 0) is 19.1 Å². The molecule has 0 aliphatic heterocycles. The van der Waals surface area contributed by atoms with Gasteiger partial charge in [0.15, 0.2) is 0 Å². The first-order valence-electron chi connectivity index (χ1n) is 7.69. The molecule has 1 amide bonds. The molecule has 0 bridgehead atoms. The van der Waals surface area contributed by atoms with E-state index in [-0.39, 0.29) is 12.5 Å². The molecule has 1 aromatic carbocycles. The van der Waals surface area contributed by atoms with Crippen LogP contribution in [0.2, 0.25) is 0 Å². The van der Waals surface area contributed by atoms with Crippen LogP contribution in [-0.4, -0.2) is 50.8 Å². The lowest BCUT2D eigenvalue weighted by atomic mass is 10.2. The van der Waals surface area contributed by atoms with Crippen LogP contribution in [0.5, 0.6) is 5.75 Å². The number of hydrogen-bond donors (Lipinski definition) is 2. The second-order valence-electron chi connectivity index (χ2n) is 5.62. The summed E-state index contributed by atoms with van der Waals surface area (Å²) in [5, 5.41) is 5.87. The van der Waals surface area contributed by atoms with Crippen LogP contribution in [0.4, 0.5) is 23.1 Å². The number of carbonyl (C=O) groups is 1. The van der Waals surface area contributed by atoms with Crippen LogP contribution in [0.1, 0.15) is 5.56 Å². The predicted molar refractivity (Wildman–Crippen MR) is 97.9 cm³/mol. The van der Waals surface area contributed by atoms with Gasteiger partial charge in [-0.1, -0.05) is 0 Å². The summed E-state index contributed by atoms with van der Waals surface area (Å²) in [6.07, 6.45) is 1.77. The number of rotatable bonds is 7. The van der Waals surface area contributed by atoms with Gasteiger partial charge < -0.3 is 25.0 Å². The Hall–Kier alpha value is -2.87. The van der Waals surface area contributed by atoms with Crippen LogP contribution in [0.15, 0.2) is 24.4 Å². The maximum absolute atomic E-state index is 11.7. The van der Waals surface area contributed by atoms with Crippen molar-refractivity contribution in [1.82, 2.24) is 9.97 Å². The molecule has 2 rings (SSSR count).